The molecule has 2 aromatic carbocycles. The lowest BCUT2D eigenvalue weighted by Crippen LogP contribution is -2.25. The van der Waals surface area contributed by atoms with Crippen molar-refractivity contribution in [2.45, 2.75) is 19.8 Å². The van der Waals surface area contributed by atoms with Gasteiger partial charge in [-0.15, -0.1) is 0 Å². The molecule has 4 rings (SSSR count). The van der Waals surface area contributed by atoms with Crippen LogP contribution in [0.1, 0.15) is 19.8 Å². The van der Waals surface area contributed by atoms with Gasteiger partial charge < -0.3 is 25.7 Å². The van der Waals surface area contributed by atoms with Crippen molar-refractivity contribution in [1.29, 1.82) is 5.41 Å². The second-order valence-electron chi connectivity index (χ2n) is 9.04. The number of carbonyl (C=O) groups excluding carboxylic acids is 2. The number of anilines is 2. The molecule has 0 radical (unpaired) electrons. The number of rotatable bonds is 10. The van der Waals surface area contributed by atoms with Crippen LogP contribution in [-0.4, -0.2) is 36.5 Å². The van der Waals surface area contributed by atoms with Crippen LogP contribution < -0.4 is 20.3 Å². The normalized spacial score (nSPS) is 16.3. The van der Waals surface area contributed by atoms with E-state index in [0.717, 1.165) is 43.9 Å². The van der Waals surface area contributed by atoms with E-state index in [1.807, 2.05) is 12.3 Å². The van der Waals surface area contributed by atoms with E-state index >= 15 is 0 Å². The molecular weight excluding hydrogens is 516 g/mol. The maximum absolute atomic E-state index is 15.0. The van der Waals surface area contributed by atoms with Gasteiger partial charge in [0.25, 0.3) is 5.91 Å². The molecule has 0 bridgehead atoms. The van der Waals surface area contributed by atoms with Gasteiger partial charge in [0.2, 0.25) is 6.41 Å². The first-order valence-electron chi connectivity index (χ1n) is 12.7. The molecule has 0 aromatic heterocycles. The fourth-order valence-electron chi connectivity index (χ4n) is 4.09. The highest BCUT2D eigenvalue weighted by atomic mass is 19.1. The molecule has 2 aromatic rings. The Hall–Kier alpha value is -4.99. The maximum atomic E-state index is 15.0. The van der Waals surface area contributed by atoms with Gasteiger partial charge in [-0.2, -0.15) is 0 Å². The molecule has 2 amide bonds. The number of benzene rings is 2. The zero-order chi connectivity index (χ0) is 28.5. The summed E-state index contributed by atoms with van der Waals surface area (Å²) >= 11 is 0. The van der Waals surface area contributed by atoms with E-state index < -0.39 is 17.5 Å². The molecule has 0 spiro atoms. The standard InChI is InChI=1S/C30H29F2N5O3/c1-21(5-4-16-37(20-38)24-9-6-22(31)7-10-24)30(39)35-23-8-11-28(26(32)17-23)40-29-18-25(36-14-2-3-15-36)19-34-27(29)12-13-33/h4-13,16-20,33-34H,2-3,14-15H2,1H3,(H,35,39)/b16-4-,21-5+,27-12-,33-13?. The summed E-state index contributed by atoms with van der Waals surface area (Å²) in [6, 6.07) is 9.49. The van der Waals surface area contributed by atoms with Crippen LogP contribution >= 0.6 is 0 Å². The second kappa shape index (κ2) is 13.2. The number of nitrogens with one attached hydrogen (secondary N) is 3. The monoisotopic (exact) mass is 545 g/mol. The molecule has 0 unspecified atom stereocenters. The Morgan fingerprint density at radius 3 is 2.58 bits per heavy atom. The Morgan fingerprint density at radius 1 is 1.15 bits per heavy atom. The van der Waals surface area contributed by atoms with Crippen LogP contribution in [0.15, 0.2) is 102 Å². The van der Waals surface area contributed by atoms with Crippen molar-refractivity contribution in [2.24, 2.45) is 0 Å². The zero-order valence-electron chi connectivity index (χ0n) is 21.9. The Bertz CT molecular complexity index is 1420. The van der Waals surface area contributed by atoms with E-state index in [-0.39, 0.29) is 11.4 Å². The predicted octanol–water partition coefficient (Wildman–Crippen LogP) is 5.36. The summed E-state index contributed by atoms with van der Waals surface area (Å²) in [5.74, 6) is -1.22. The minimum absolute atomic E-state index is 0.0328. The SMILES string of the molecule is C/C(=C\C=C/N(C=O)c1ccc(F)cc1)C(=O)Nc1ccc(OC2=CC(N3CCCC3)=CN/C2=C\C=N)c(F)c1. The average Bonchev–Trinajstić information content (AvgIpc) is 3.49. The molecular formula is C30H29F2N5O3. The van der Waals surface area contributed by atoms with Crippen LogP contribution in [0.2, 0.25) is 0 Å². The van der Waals surface area contributed by atoms with Crippen molar-refractivity contribution < 1.29 is 23.1 Å². The Morgan fingerprint density at radius 2 is 1.90 bits per heavy atom. The number of hydrogen-bond donors (Lipinski definition) is 3. The first-order valence-corrected chi connectivity index (χ1v) is 12.7. The number of nitrogens with zero attached hydrogens (tertiary/aromatic N) is 2. The summed E-state index contributed by atoms with van der Waals surface area (Å²) in [7, 11) is 0. The number of allylic oxidation sites excluding steroid dienone is 4. The number of dihydropyridines is 1. The molecule has 0 atom stereocenters. The van der Waals surface area contributed by atoms with Crippen LogP contribution in [-0.2, 0) is 9.59 Å². The third-order valence-electron chi connectivity index (χ3n) is 6.24. The lowest BCUT2D eigenvalue weighted by Gasteiger charge is -2.25. The zero-order valence-corrected chi connectivity index (χ0v) is 21.9. The van der Waals surface area contributed by atoms with E-state index in [2.05, 4.69) is 15.5 Å². The third-order valence-corrected chi connectivity index (χ3v) is 6.24. The van der Waals surface area contributed by atoms with Gasteiger partial charge >= 0.3 is 0 Å². The predicted molar refractivity (Wildman–Crippen MR) is 150 cm³/mol. The van der Waals surface area contributed by atoms with E-state index in [0.29, 0.717) is 29.1 Å². The van der Waals surface area contributed by atoms with Gasteiger partial charge in [-0.1, -0.05) is 6.08 Å². The summed E-state index contributed by atoms with van der Waals surface area (Å²) in [6.07, 6.45) is 13.5. The van der Waals surface area contributed by atoms with E-state index in [4.69, 9.17) is 10.1 Å². The molecule has 2 aliphatic rings. The van der Waals surface area contributed by atoms with Crippen LogP contribution in [0.4, 0.5) is 20.2 Å². The van der Waals surface area contributed by atoms with Crippen LogP contribution in [0.5, 0.6) is 5.75 Å². The van der Waals surface area contributed by atoms with Gasteiger partial charge in [-0.25, -0.2) is 8.78 Å². The smallest absolute Gasteiger partial charge is 0.251 e. The van der Waals surface area contributed by atoms with E-state index in [1.165, 1.54) is 65.7 Å². The minimum atomic E-state index is -0.673. The molecule has 8 nitrogen and oxygen atoms in total. The molecule has 1 saturated heterocycles. The molecule has 0 saturated carbocycles. The summed E-state index contributed by atoms with van der Waals surface area (Å²) in [5.41, 5.74) is 2.45. The maximum Gasteiger partial charge on any atom is 0.251 e. The van der Waals surface area contributed by atoms with Gasteiger partial charge in [0.15, 0.2) is 17.3 Å². The third kappa shape index (κ3) is 7.10. The number of hydrogen-bond acceptors (Lipinski definition) is 6. The Kier molecular flexibility index (Phi) is 9.24. The van der Waals surface area contributed by atoms with Crippen LogP contribution in [0.25, 0.3) is 0 Å². The van der Waals surface area contributed by atoms with Crippen molar-refractivity contribution in [3.8, 4) is 5.75 Å². The number of amides is 2. The molecule has 10 heteroatoms. The van der Waals surface area contributed by atoms with Crippen molar-refractivity contribution in [3.63, 3.8) is 0 Å². The van der Waals surface area contributed by atoms with Gasteiger partial charge in [0.1, 0.15) is 5.82 Å². The van der Waals surface area contributed by atoms with Gasteiger partial charge in [-0.05, 0) is 68.3 Å². The largest absolute Gasteiger partial charge is 0.452 e. The second-order valence-corrected chi connectivity index (χ2v) is 9.04. The van der Waals surface area contributed by atoms with Crippen molar-refractivity contribution in [2.75, 3.05) is 23.3 Å². The van der Waals surface area contributed by atoms with E-state index in [1.54, 1.807) is 6.92 Å². The molecule has 1 fully saturated rings. The van der Waals surface area contributed by atoms with Crippen LogP contribution in [0.3, 0.4) is 0 Å². The quantitative estimate of drug-likeness (QED) is 0.162. The summed E-state index contributed by atoms with van der Waals surface area (Å²) in [5, 5.41) is 13.1. The first-order chi connectivity index (χ1) is 19.4. The fourth-order valence-corrected chi connectivity index (χ4v) is 4.09. The number of halogens is 2. The summed E-state index contributed by atoms with van der Waals surface area (Å²) in [4.78, 5) is 27.4. The van der Waals surface area contributed by atoms with Crippen molar-refractivity contribution in [1.82, 2.24) is 10.2 Å². The highest BCUT2D eigenvalue weighted by Crippen LogP contribution is 2.28. The van der Waals surface area contributed by atoms with Crippen molar-refractivity contribution in [3.05, 3.63) is 114 Å². The number of likely N-dealkylation sites (tertiary alicyclic amines) is 1. The molecule has 2 heterocycles. The molecule has 206 valence electrons. The van der Waals surface area contributed by atoms with Gasteiger partial charge in [-0.3, -0.25) is 14.5 Å². The lowest BCUT2D eigenvalue weighted by molar-refractivity contribution is -0.112. The topological polar surface area (TPSA) is 97.8 Å². The highest BCUT2D eigenvalue weighted by molar-refractivity contribution is 6.03. The van der Waals surface area contributed by atoms with Gasteiger partial charge in [0, 0.05) is 60.8 Å². The molecule has 0 aliphatic carbocycles. The first kappa shape index (κ1) is 28.0. The average molecular weight is 546 g/mol. The minimum Gasteiger partial charge on any atom is -0.452 e. The fraction of sp³-hybridized carbons (Fsp3) is 0.167. The van der Waals surface area contributed by atoms with Gasteiger partial charge in [0.05, 0.1) is 11.4 Å². The number of ether oxygens (including phenoxy) is 1. The Labute approximate surface area is 231 Å². The number of carbonyl (C=O) groups is 2. The summed E-state index contributed by atoms with van der Waals surface area (Å²) in [6.45, 7) is 3.43. The van der Waals surface area contributed by atoms with E-state index in [9.17, 15) is 18.4 Å². The lowest BCUT2D eigenvalue weighted by atomic mass is 10.2. The van der Waals surface area contributed by atoms with Crippen LogP contribution in [0, 0.1) is 17.0 Å². The summed E-state index contributed by atoms with van der Waals surface area (Å²) < 4.78 is 34.0. The highest BCUT2D eigenvalue weighted by Gasteiger charge is 2.20. The van der Waals surface area contributed by atoms with Crippen molar-refractivity contribution >= 4 is 29.9 Å². The molecule has 2 aliphatic heterocycles. The molecule has 3 N–H and O–H groups in total. The Balaban J connectivity index is 1.41. The molecule has 40 heavy (non-hydrogen) atoms.